The third-order valence-electron chi connectivity index (χ3n) is 5.77. The molecule has 1 atom stereocenters. The topological polar surface area (TPSA) is 118 Å². The molecular weight excluding hydrogens is 414 g/mol. The summed E-state index contributed by atoms with van der Waals surface area (Å²) < 4.78 is 6.79. The first-order valence-electron chi connectivity index (χ1n) is 10.2. The van der Waals surface area contributed by atoms with Gasteiger partial charge in [0, 0.05) is 30.0 Å². The van der Waals surface area contributed by atoms with Crippen LogP contribution in [0, 0.1) is 10.1 Å². The molecule has 0 saturated heterocycles. The van der Waals surface area contributed by atoms with E-state index in [0.717, 1.165) is 4.90 Å². The standard InChI is InChI=1S/C23H19N3O6/c27-21-15-7-1-2-8-16(15)22(28)24(21)13-6-14-32-23(29)12-5-11-19-20(23)26(31)18-10-4-3-9-17(18)25(19)30/h1-5,7-11,29H,6,12-14H2. The minimum atomic E-state index is -2.01. The molecule has 162 valence electrons. The first-order valence-corrected chi connectivity index (χ1v) is 10.2. The maximum absolute atomic E-state index is 13.0. The van der Waals surface area contributed by atoms with Crippen LogP contribution >= 0.6 is 0 Å². The van der Waals surface area contributed by atoms with Crippen molar-refractivity contribution in [3.8, 4) is 0 Å². The predicted molar refractivity (Wildman–Crippen MR) is 114 cm³/mol. The van der Waals surface area contributed by atoms with Crippen molar-refractivity contribution in [3.63, 3.8) is 0 Å². The van der Waals surface area contributed by atoms with Crippen LogP contribution in [0.2, 0.25) is 0 Å². The van der Waals surface area contributed by atoms with E-state index in [2.05, 4.69) is 0 Å². The predicted octanol–water partition coefficient (Wildman–Crippen LogP) is 2.17. The van der Waals surface area contributed by atoms with Gasteiger partial charge in [-0.25, -0.2) is 0 Å². The second kappa shape index (κ2) is 7.40. The molecule has 0 fully saturated rings. The third kappa shape index (κ3) is 2.94. The molecule has 1 aliphatic heterocycles. The Morgan fingerprint density at radius 2 is 1.72 bits per heavy atom. The number of ether oxygens (including phenoxy) is 1. The fraction of sp³-hybridized carbons (Fsp3) is 0.217. The molecule has 9 heteroatoms. The summed E-state index contributed by atoms with van der Waals surface area (Å²) in [6.45, 7) is 0.0602. The van der Waals surface area contributed by atoms with E-state index in [9.17, 15) is 24.8 Å². The van der Waals surface area contributed by atoms with Crippen LogP contribution in [0.5, 0.6) is 0 Å². The van der Waals surface area contributed by atoms with Crippen LogP contribution in [0.15, 0.2) is 54.6 Å². The van der Waals surface area contributed by atoms with Gasteiger partial charge in [0.15, 0.2) is 5.69 Å². The lowest BCUT2D eigenvalue weighted by Gasteiger charge is -2.33. The Bertz CT molecular complexity index is 1330. The van der Waals surface area contributed by atoms with E-state index in [4.69, 9.17) is 4.74 Å². The lowest BCUT2D eigenvalue weighted by Crippen LogP contribution is -2.40. The number of fused-ring (bicyclic) bond motifs is 3. The maximum Gasteiger partial charge on any atom is 0.287 e. The highest BCUT2D eigenvalue weighted by atomic mass is 16.6. The molecule has 0 saturated carbocycles. The van der Waals surface area contributed by atoms with Gasteiger partial charge < -0.3 is 19.8 Å². The molecule has 3 aromatic rings. The van der Waals surface area contributed by atoms with Crippen LogP contribution in [0.3, 0.4) is 0 Å². The smallest absolute Gasteiger partial charge is 0.287 e. The van der Waals surface area contributed by atoms with Gasteiger partial charge >= 0.3 is 0 Å². The number of nitrogens with zero attached hydrogens (tertiary/aromatic N) is 3. The van der Waals surface area contributed by atoms with Gasteiger partial charge in [0.05, 0.1) is 22.2 Å². The highest BCUT2D eigenvalue weighted by Gasteiger charge is 2.41. The van der Waals surface area contributed by atoms with E-state index in [1.807, 2.05) is 0 Å². The SMILES string of the molecule is O=C1c2ccccc2C(=O)N1CCCOC1(O)CC=Cc2c1n([O-])c1ccccc1[n+]2=O. The van der Waals surface area contributed by atoms with E-state index in [-0.39, 0.29) is 60.2 Å². The molecule has 32 heavy (non-hydrogen) atoms. The van der Waals surface area contributed by atoms with Crippen molar-refractivity contribution in [2.45, 2.75) is 18.6 Å². The van der Waals surface area contributed by atoms with Crippen LogP contribution in [0.1, 0.15) is 44.9 Å². The molecule has 1 N–H and O–H groups in total. The lowest BCUT2D eigenvalue weighted by molar-refractivity contribution is -0.470. The monoisotopic (exact) mass is 433 g/mol. The fourth-order valence-corrected chi connectivity index (χ4v) is 4.22. The second-order valence-electron chi connectivity index (χ2n) is 7.71. The molecular formula is C23H19N3O6. The molecule has 0 bridgehead atoms. The fourth-order valence-electron chi connectivity index (χ4n) is 4.22. The van der Waals surface area contributed by atoms with Crippen molar-refractivity contribution in [2.24, 2.45) is 0 Å². The highest BCUT2D eigenvalue weighted by molar-refractivity contribution is 6.21. The number of carbonyl (C=O) groups excluding carboxylic acids is 2. The van der Waals surface area contributed by atoms with Crippen molar-refractivity contribution in [1.82, 2.24) is 9.63 Å². The number of amides is 2. The summed E-state index contributed by atoms with van der Waals surface area (Å²) in [6, 6.07) is 12.9. The summed E-state index contributed by atoms with van der Waals surface area (Å²) in [5, 5.41) is 24.1. The van der Waals surface area contributed by atoms with Gasteiger partial charge in [-0.3, -0.25) is 14.5 Å². The Labute approximate surface area is 181 Å². The summed E-state index contributed by atoms with van der Waals surface area (Å²) in [4.78, 5) is 38.8. The Balaban J connectivity index is 1.35. The third-order valence-corrected chi connectivity index (χ3v) is 5.77. The number of hydrogen-bond donors (Lipinski definition) is 1. The summed E-state index contributed by atoms with van der Waals surface area (Å²) in [7, 11) is 0. The molecule has 1 unspecified atom stereocenters. The molecule has 9 nitrogen and oxygen atoms in total. The lowest BCUT2D eigenvalue weighted by atomic mass is 9.99. The number of rotatable bonds is 5. The minimum absolute atomic E-state index is 0.00722. The normalized spacial score (nSPS) is 19.5. The van der Waals surface area contributed by atoms with Gasteiger partial charge in [0.2, 0.25) is 5.79 Å². The Hall–Kier alpha value is -3.82. The largest absolute Gasteiger partial charge is 0.805 e. The number of aromatic nitrogens is 2. The first-order chi connectivity index (χ1) is 15.4. The van der Waals surface area contributed by atoms with Gasteiger partial charge in [-0.1, -0.05) is 30.3 Å². The number of imide groups is 1. The average molecular weight is 433 g/mol. The van der Waals surface area contributed by atoms with Crippen LogP contribution in [-0.4, -0.2) is 39.7 Å². The zero-order valence-electron chi connectivity index (χ0n) is 16.9. The molecule has 2 aliphatic rings. The van der Waals surface area contributed by atoms with Crippen molar-refractivity contribution in [3.05, 3.63) is 87.2 Å². The quantitative estimate of drug-likeness (QED) is 0.285. The van der Waals surface area contributed by atoms with Crippen molar-refractivity contribution in [2.75, 3.05) is 13.2 Å². The zero-order valence-corrected chi connectivity index (χ0v) is 16.9. The molecule has 2 amide bonds. The molecule has 0 radical (unpaired) electrons. The summed E-state index contributed by atoms with van der Waals surface area (Å²) in [5.41, 5.74) is 0.845. The summed E-state index contributed by atoms with van der Waals surface area (Å²) in [5.74, 6) is -2.75. The second-order valence-corrected chi connectivity index (χ2v) is 7.71. The van der Waals surface area contributed by atoms with Crippen LogP contribution < -0.4 is 4.43 Å². The Morgan fingerprint density at radius 1 is 1.06 bits per heavy atom. The van der Waals surface area contributed by atoms with Crippen LogP contribution in [0.25, 0.3) is 17.1 Å². The highest BCUT2D eigenvalue weighted by Crippen LogP contribution is 2.34. The molecule has 2 heterocycles. The van der Waals surface area contributed by atoms with Gasteiger partial charge in [0.1, 0.15) is 5.52 Å². The first kappa shape index (κ1) is 20.1. The van der Waals surface area contributed by atoms with Gasteiger partial charge in [-0.05, 0) is 24.6 Å². The Morgan fingerprint density at radius 3 is 2.44 bits per heavy atom. The van der Waals surface area contributed by atoms with Crippen molar-refractivity contribution < 1.29 is 23.9 Å². The zero-order chi connectivity index (χ0) is 22.5. The number of hydrogen-bond acceptors (Lipinski definition) is 6. The van der Waals surface area contributed by atoms with Gasteiger partial charge in [-0.15, -0.1) is 0 Å². The van der Waals surface area contributed by atoms with Gasteiger partial charge in [-0.2, -0.15) is 0 Å². The van der Waals surface area contributed by atoms with E-state index in [1.54, 1.807) is 42.5 Å². The maximum atomic E-state index is 13.0. The number of para-hydroxylation sites is 2. The molecule has 0 spiro atoms. The molecule has 1 aliphatic carbocycles. The van der Waals surface area contributed by atoms with Crippen molar-refractivity contribution in [1.29, 1.82) is 0 Å². The summed E-state index contributed by atoms with van der Waals surface area (Å²) >= 11 is 0. The molecule has 5 rings (SSSR count). The number of benzene rings is 2. The average Bonchev–Trinajstić information content (AvgIpc) is 3.05. The number of carbonyl (C=O) groups is 2. The van der Waals surface area contributed by atoms with E-state index < -0.39 is 5.79 Å². The Kier molecular flexibility index (Phi) is 4.65. The van der Waals surface area contributed by atoms with Crippen molar-refractivity contribution >= 4 is 28.9 Å². The minimum Gasteiger partial charge on any atom is -0.805 e. The summed E-state index contributed by atoms with van der Waals surface area (Å²) in [6.07, 6.45) is 3.28. The van der Waals surface area contributed by atoms with E-state index >= 15 is 0 Å². The van der Waals surface area contributed by atoms with E-state index in [1.165, 1.54) is 18.2 Å². The molecule has 1 aromatic heterocycles. The van der Waals surface area contributed by atoms with Crippen LogP contribution in [0.4, 0.5) is 0 Å². The van der Waals surface area contributed by atoms with Crippen LogP contribution in [-0.2, 0) is 10.5 Å². The molecule has 2 aromatic carbocycles. The number of aliphatic hydroxyl groups is 1. The van der Waals surface area contributed by atoms with Gasteiger partial charge in [0.25, 0.3) is 23.0 Å². The van der Waals surface area contributed by atoms with E-state index in [0.29, 0.717) is 20.3 Å².